The summed E-state index contributed by atoms with van der Waals surface area (Å²) in [6.07, 6.45) is 2.58. The van der Waals surface area contributed by atoms with Crippen molar-refractivity contribution in [1.29, 1.82) is 5.26 Å². The van der Waals surface area contributed by atoms with Crippen LogP contribution in [0.3, 0.4) is 0 Å². The van der Waals surface area contributed by atoms with Gasteiger partial charge in [-0.1, -0.05) is 11.6 Å². The summed E-state index contributed by atoms with van der Waals surface area (Å²) in [6, 6.07) is 11.3. The minimum absolute atomic E-state index is 0.0286. The molecule has 0 fully saturated rings. The fourth-order valence-electron chi connectivity index (χ4n) is 4.02. The summed E-state index contributed by atoms with van der Waals surface area (Å²) >= 11 is 6.10. The Kier molecular flexibility index (Phi) is 8.82. The maximum absolute atomic E-state index is 13.5. The second-order valence-electron chi connectivity index (χ2n) is 10.5. The van der Waals surface area contributed by atoms with Crippen LogP contribution in [0.5, 0.6) is 11.5 Å². The lowest BCUT2D eigenvalue weighted by atomic mass is 10.2. The highest BCUT2D eigenvalue weighted by Gasteiger charge is 2.22. The molecule has 0 atom stereocenters. The maximum Gasteiger partial charge on any atom is 0.407 e. The molecule has 4 aromatic rings. The minimum atomic E-state index is -0.635. The average molecular weight is 592 g/mol. The van der Waals surface area contributed by atoms with E-state index in [4.69, 9.17) is 21.1 Å². The molecule has 3 heterocycles. The van der Waals surface area contributed by atoms with Crippen LogP contribution in [-0.4, -0.2) is 62.1 Å². The van der Waals surface area contributed by atoms with Crippen LogP contribution < -0.4 is 15.6 Å². The highest BCUT2D eigenvalue weighted by atomic mass is 35.5. The van der Waals surface area contributed by atoms with Gasteiger partial charge >= 0.3 is 12.1 Å². The molecule has 1 aromatic carbocycles. The first kappa shape index (κ1) is 30.1. The number of pyridine rings is 2. The number of fused-ring (bicyclic) bond motifs is 1. The quantitative estimate of drug-likeness (QED) is 0.326. The predicted octanol–water partition coefficient (Wildman–Crippen LogP) is 4.69. The number of rotatable bonds is 7. The number of likely N-dealkylation sites (N-methyl/N-ethyl adjacent to an activating group) is 1. The van der Waals surface area contributed by atoms with Gasteiger partial charge in [0.1, 0.15) is 11.4 Å². The van der Waals surface area contributed by atoms with Crippen molar-refractivity contribution >= 4 is 34.8 Å². The number of ether oxygens (including phenoxy) is 2. The molecule has 0 spiro atoms. The number of halogens is 1. The van der Waals surface area contributed by atoms with Crippen LogP contribution in [-0.2, 0) is 11.3 Å². The Hall–Kier alpha value is -4.89. The van der Waals surface area contributed by atoms with Crippen LogP contribution in [0.15, 0.2) is 53.6 Å². The summed E-state index contributed by atoms with van der Waals surface area (Å²) in [5.74, 6) is 0.324. The van der Waals surface area contributed by atoms with E-state index in [1.807, 2.05) is 6.07 Å². The van der Waals surface area contributed by atoms with E-state index >= 15 is 0 Å². The van der Waals surface area contributed by atoms with Crippen LogP contribution in [0.1, 0.15) is 37.6 Å². The molecule has 42 heavy (non-hydrogen) atoms. The number of hydrogen-bond donors (Lipinski definition) is 1. The number of alkyl carbamates (subject to hydrolysis) is 1. The molecule has 2 amide bonds. The van der Waals surface area contributed by atoms with E-state index in [-0.39, 0.29) is 31.1 Å². The standard InChI is InChI=1S/C29H30ClN7O5/c1-18-8-11-36(26(38)24(18)41-21-14-19(16-31)13-20(30)15-21)17-23-22-7-6-9-32-25(22)37(34-23)28(40)35(5)12-10-33-27(39)42-29(2,3)4/h6-9,11,13-15H,10,12,17H2,1-5H3,(H,33,39). The molecule has 0 aliphatic carbocycles. The number of amides is 2. The van der Waals surface area contributed by atoms with Gasteiger partial charge in [-0.3, -0.25) is 4.79 Å². The Labute approximate surface area is 247 Å². The van der Waals surface area contributed by atoms with Crippen molar-refractivity contribution < 1.29 is 19.1 Å². The predicted molar refractivity (Wildman–Crippen MR) is 156 cm³/mol. The SMILES string of the molecule is Cc1ccn(Cc2nn(C(=O)N(C)CCNC(=O)OC(C)(C)C)c3ncccc23)c(=O)c1Oc1cc(Cl)cc(C#N)c1. The Bertz CT molecular complexity index is 1750. The van der Waals surface area contributed by atoms with Gasteiger partial charge in [0.05, 0.1) is 23.9 Å². The normalized spacial score (nSPS) is 11.2. The van der Waals surface area contributed by atoms with Crippen molar-refractivity contribution in [3.8, 4) is 17.6 Å². The number of hydrogen-bond acceptors (Lipinski definition) is 8. The summed E-state index contributed by atoms with van der Waals surface area (Å²) < 4.78 is 13.7. The number of aryl methyl sites for hydroxylation is 1. The molecule has 0 bridgehead atoms. The van der Waals surface area contributed by atoms with Crippen LogP contribution in [0.25, 0.3) is 11.0 Å². The third-order valence-electron chi connectivity index (χ3n) is 6.00. The lowest BCUT2D eigenvalue weighted by Crippen LogP contribution is -2.40. The molecule has 1 N–H and O–H groups in total. The van der Waals surface area contributed by atoms with Crippen LogP contribution in [0.4, 0.5) is 9.59 Å². The van der Waals surface area contributed by atoms with Gasteiger partial charge in [0.25, 0.3) is 5.56 Å². The van der Waals surface area contributed by atoms with E-state index in [1.165, 1.54) is 32.3 Å². The summed E-state index contributed by atoms with van der Waals surface area (Å²) in [7, 11) is 1.58. The molecule has 0 radical (unpaired) electrons. The molecule has 12 nitrogen and oxygen atoms in total. The zero-order valence-electron chi connectivity index (χ0n) is 23.8. The first-order valence-electron chi connectivity index (χ1n) is 13.0. The molecule has 0 saturated carbocycles. The number of nitrogens with zero attached hydrogens (tertiary/aromatic N) is 6. The van der Waals surface area contributed by atoms with Gasteiger partial charge in [0.2, 0.25) is 0 Å². The number of nitriles is 1. The molecule has 0 aliphatic rings. The van der Waals surface area contributed by atoms with Crippen molar-refractivity contribution in [3.63, 3.8) is 0 Å². The third-order valence-corrected chi connectivity index (χ3v) is 6.22. The van der Waals surface area contributed by atoms with Gasteiger partial charge in [0, 0.05) is 42.9 Å². The number of carbonyl (C=O) groups is 2. The zero-order valence-corrected chi connectivity index (χ0v) is 24.6. The van der Waals surface area contributed by atoms with Gasteiger partial charge < -0.3 is 24.3 Å². The summed E-state index contributed by atoms with van der Waals surface area (Å²) in [5, 5.41) is 17.3. The molecule has 3 aromatic heterocycles. The Balaban J connectivity index is 1.57. The Morgan fingerprint density at radius 3 is 2.69 bits per heavy atom. The highest BCUT2D eigenvalue weighted by molar-refractivity contribution is 6.30. The summed E-state index contributed by atoms with van der Waals surface area (Å²) in [4.78, 5) is 44.4. The molecular weight excluding hydrogens is 562 g/mol. The van der Waals surface area contributed by atoms with Crippen LogP contribution in [0.2, 0.25) is 5.02 Å². The number of benzene rings is 1. The fourth-order valence-corrected chi connectivity index (χ4v) is 4.24. The minimum Gasteiger partial charge on any atom is -0.451 e. The second-order valence-corrected chi connectivity index (χ2v) is 11.0. The van der Waals surface area contributed by atoms with E-state index in [1.54, 1.807) is 65.3 Å². The van der Waals surface area contributed by atoms with Gasteiger partial charge in [-0.05, 0) is 69.7 Å². The van der Waals surface area contributed by atoms with Gasteiger partial charge in [-0.2, -0.15) is 15.0 Å². The van der Waals surface area contributed by atoms with E-state index in [9.17, 15) is 19.6 Å². The molecule has 0 saturated heterocycles. The number of carbonyl (C=O) groups excluding carboxylic acids is 2. The largest absolute Gasteiger partial charge is 0.451 e. The first-order chi connectivity index (χ1) is 19.9. The summed E-state index contributed by atoms with van der Waals surface area (Å²) in [5.41, 5.74) is 0.582. The van der Waals surface area contributed by atoms with E-state index in [2.05, 4.69) is 15.4 Å². The number of aromatic nitrogens is 4. The van der Waals surface area contributed by atoms with E-state index in [0.29, 0.717) is 32.9 Å². The number of nitrogens with one attached hydrogen (secondary N) is 1. The average Bonchev–Trinajstić information content (AvgIpc) is 3.29. The molecule has 218 valence electrons. The zero-order chi connectivity index (χ0) is 30.6. The lowest BCUT2D eigenvalue weighted by molar-refractivity contribution is 0.0524. The van der Waals surface area contributed by atoms with Gasteiger partial charge in [-0.15, -0.1) is 0 Å². The van der Waals surface area contributed by atoms with Crippen LogP contribution in [0, 0.1) is 18.3 Å². The van der Waals surface area contributed by atoms with Crippen molar-refractivity contribution in [2.45, 2.75) is 39.8 Å². The molecule has 0 aliphatic heterocycles. The van der Waals surface area contributed by atoms with Crippen LogP contribution >= 0.6 is 11.6 Å². The van der Waals surface area contributed by atoms with Crippen molar-refractivity contribution in [1.82, 2.24) is 29.5 Å². The maximum atomic E-state index is 13.5. The van der Waals surface area contributed by atoms with Crippen molar-refractivity contribution in [2.24, 2.45) is 0 Å². The van der Waals surface area contributed by atoms with Gasteiger partial charge in [-0.25, -0.2) is 14.6 Å². The second kappa shape index (κ2) is 12.3. The fraction of sp³-hybridized carbons (Fsp3) is 0.310. The van der Waals surface area contributed by atoms with E-state index in [0.717, 1.165) is 0 Å². The van der Waals surface area contributed by atoms with Crippen molar-refractivity contribution in [2.75, 3.05) is 20.1 Å². The van der Waals surface area contributed by atoms with Gasteiger partial charge in [0.15, 0.2) is 11.4 Å². The monoisotopic (exact) mass is 591 g/mol. The highest BCUT2D eigenvalue weighted by Crippen LogP contribution is 2.26. The molecule has 4 rings (SSSR count). The summed E-state index contributed by atoms with van der Waals surface area (Å²) in [6.45, 7) is 7.41. The van der Waals surface area contributed by atoms with Crippen molar-refractivity contribution in [3.05, 3.63) is 81.0 Å². The molecular formula is C29H30ClN7O5. The smallest absolute Gasteiger partial charge is 0.407 e. The Morgan fingerprint density at radius 1 is 1.21 bits per heavy atom. The topological polar surface area (TPSA) is 144 Å². The Morgan fingerprint density at radius 2 is 1.98 bits per heavy atom. The molecule has 0 unspecified atom stereocenters. The lowest BCUT2D eigenvalue weighted by Gasteiger charge is -2.21. The third kappa shape index (κ3) is 7.05. The first-order valence-corrected chi connectivity index (χ1v) is 13.4. The molecule has 13 heteroatoms. The van der Waals surface area contributed by atoms with E-state index < -0.39 is 23.3 Å².